The van der Waals surface area contributed by atoms with Gasteiger partial charge in [0, 0.05) is 0 Å². The van der Waals surface area contributed by atoms with Gasteiger partial charge in [-0.3, -0.25) is 0 Å². The molecule has 110 valence electrons. The maximum atomic E-state index is 11.9. The summed E-state index contributed by atoms with van der Waals surface area (Å²) in [4.78, 5) is 11.9. The minimum absolute atomic E-state index is 0.0770. The zero-order valence-electron chi connectivity index (χ0n) is 11.7. The Balaban J connectivity index is 2.65. The minimum Gasteiger partial charge on any atom is -0.549 e. The molecule has 0 bridgehead atoms. The molecule has 4 heteroatoms. The average Bonchev–Trinajstić information content (AvgIpc) is 2.46. The maximum absolute atomic E-state index is 11.9. The molecule has 0 spiro atoms. The Kier molecular flexibility index (Phi) is 4.17. The molecule has 0 aliphatic heterocycles. The molecule has 21 heavy (non-hydrogen) atoms. The molecule has 2 aromatic carbocycles. The Labute approximate surface area is 123 Å². The van der Waals surface area contributed by atoms with E-state index in [0.717, 1.165) is 0 Å². The molecular weight excluding hydrogens is 268 g/mol. The fourth-order valence-corrected chi connectivity index (χ4v) is 2.66. The summed E-state index contributed by atoms with van der Waals surface area (Å²) in [5.41, 5.74) is -0.198. The summed E-state index contributed by atoms with van der Waals surface area (Å²) in [7, 11) is 0. The number of aromatic hydroxyl groups is 2. The summed E-state index contributed by atoms with van der Waals surface area (Å²) in [6.07, 6.45) is 1.01. The molecule has 0 fully saturated rings. The van der Waals surface area contributed by atoms with Crippen LogP contribution < -0.4 is 5.11 Å². The van der Waals surface area contributed by atoms with Gasteiger partial charge in [0.05, 0.1) is 11.4 Å². The molecule has 2 N–H and O–H groups in total. The standard InChI is InChI=1S/C17H18O4/c1-2-11-17(16(20)21,12-3-7-14(18)8-4-12)13-5-9-15(19)10-6-13/h3-10,18-19H,2,11H2,1H3,(H,20,21)/p-1. The maximum Gasteiger partial charge on any atom is 0.115 e. The number of phenols is 2. The van der Waals surface area contributed by atoms with Crippen molar-refractivity contribution in [3.8, 4) is 11.5 Å². The Hall–Kier alpha value is -2.49. The van der Waals surface area contributed by atoms with Gasteiger partial charge in [-0.05, 0) is 41.8 Å². The van der Waals surface area contributed by atoms with Crippen molar-refractivity contribution in [1.82, 2.24) is 0 Å². The molecule has 0 aliphatic carbocycles. The summed E-state index contributed by atoms with van der Waals surface area (Å²) < 4.78 is 0. The number of benzene rings is 2. The molecule has 0 aromatic heterocycles. The summed E-state index contributed by atoms with van der Waals surface area (Å²) >= 11 is 0. The highest BCUT2D eigenvalue weighted by atomic mass is 16.4. The highest BCUT2D eigenvalue weighted by Gasteiger charge is 2.35. The number of carbonyl (C=O) groups is 1. The summed E-state index contributed by atoms with van der Waals surface area (Å²) in [5, 5.41) is 30.7. The number of aliphatic carboxylic acids is 1. The second-order valence-electron chi connectivity index (χ2n) is 5.04. The number of hydrogen-bond donors (Lipinski definition) is 2. The average molecular weight is 285 g/mol. The second-order valence-corrected chi connectivity index (χ2v) is 5.04. The van der Waals surface area contributed by atoms with Gasteiger partial charge in [-0.1, -0.05) is 37.6 Å². The topological polar surface area (TPSA) is 80.6 Å². The van der Waals surface area contributed by atoms with Crippen LogP contribution in [0.25, 0.3) is 0 Å². The Morgan fingerprint density at radius 2 is 1.33 bits per heavy atom. The number of rotatable bonds is 5. The molecule has 2 aromatic rings. The number of carboxylic acids is 1. The van der Waals surface area contributed by atoms with Crippen molar-refractivity contribution in [3.63, 3.8) is 0 Å². The number of phenolic OH excluding ortho intramolecular Hbond substituents is 2. The van der Waals surface area contributed by atoms with Crippen LogP contribution in [0.2, 0.25) is 0 Å². The van der Waals surface area contributed by atoms with Crippen LogP contribution >= 0.6 is 0 Å². The third-order valence-electron chi connectivity index (χ3n) is 3.69. The molecule has 0 saturated heterocycles. The number of hydrogen-bond acceptors (Lipinski definition) is 4. The summed E-state index contributed by atoms with van der Waals surface area (Å²) in [6.45, 7) is 1.90. The molecule has 0 heterocycles. The van der Waals surface area contributed by atoms with Crippen LogP contribution in [0.15, 0.2) is 48.5 Å². The minimum atomic E-state index is -1.30. The van der Waals surface area contributed by atoms with Crippen molar-refractivity contribution in [2.75, 3.05) is 0 Å². The highest BCUT2D eigenvalue weighted by molar-refractivity contribution is 5.84. The van der Waals surface area contributed by atoms with E-state index in [1.54, 1.807) is 24.3 Å². The first-order valence-corrected chi connectivity index (χ1v) is 6.81. The molecule has 0 aliphatic rings. The van der Waals surface area contributed by atoms with Gasteiger partial charge in [0.2, 0.25) is 0 Å². The van der Waals surface area contributed by atoms with Gasteiger partial charge in [-0.15, -0.1) is 0 Å². The van der Waals surface area contributed by atoms with Crippen molar-refractivity contribution >= 4 is 5.97 Å². The molecular formula is C17H17O4-. The van der Waals surface area contributed by atoms with Crippen molar-refractivity contribution < 1.29 is 20.1 Å². The zero-order chi connectivity index (χ0) is 15.5. The van der Waals surface area contributed by atoms with Crippen LogP contribution in [0.4, 0.5) is 0 Å². The number of carboxylic acid groups (broad SMARTS) is 1. The van der Waals surface area contributed by atoms with Crippen molar-refractivity contribution in [2.45, 2.75) is 25.2 Å². The predicted octanol–water partition coefficient (Wildman–Crippen LogP) is 1.93. The first-order chi connectivity index (χ1) is 10.0. The molecule has 0 amide bonds. The monoisotopic (exact) mass is 285 g/mol. The van der Waals surface area contributed by atoms with Crippen LogP contribution in [0.5, 0.6) is 11.5 Å². The quantitative estimate of drug-likeness (QED) is 0.879. The van der Waals surface area contributed by atoms with E-state index in [9.17, 15) is 20.1 Å². The third-order valence-corrected chi connectivity index (χ3v) is 3.69. The van der Waals surface area contributed by atoms with Crippen LogP contribution in [-0.2, 0) is 10.2 Å². The lowest BCUT2D eigenvalue weighted by Gasteiger charge is -2.36. The zero-order valence-corrected chi connectivity index (χ0v) is 11.7. The first kappa shape index (κ1) is 14.9. The lowest BCUT2D eigenvalue weighted by Crippen LogP contribution is -2.46. The van der Waals surface area contributed by atoms with E-state index in [1.165, 1.54) is 24.3 Å². The van der Waals surface area contributed by atoms with Crippen molar-refractivity contribution in [3.05, 3.63) is 59.7 Å². The van der Waals surface area contributed by atoms with Gasteiger partial charge in [0.25, 0.3) is 0 Å². The van der Waals surface area contributed by atoms with Gasteiger partial charge in [0.15, 0.2) is 0 Å². The van der Waals surface area contributed by atoms with E-state index in [2.05, 4.69) is 0 Å². The lowest BCUT2D eigenvalue weighted by molar-refractivity contribution is -0.312. The highest BCUT2D eigenvalue weighted by Crippen LogP contribution is 2.37. The van der Waals surface area contributed by atoms with Crippen LogP contribution in [-0.4, -0.2) is 16.2 Å². The van der Waals surface area contributed by atoms with E-state index in [0.29, 0.717) is 24.0 Å². The fraction of sp³-hybridized carbons (Fsp3) is 0.235. The van der Waals surface area contributed by atoms with Gasteiger partial charge in [-0.2, -0.15) is 0 Å². The van der Waals surface area contributed by atoms with Gasteiger partial charge >= 0.3 is 0 Å². The van der Waals surface area contributed by atoms with E-state index < -0.39 is 11.4 Å². The third kappa shape index (κ3) is 2.70. The van der Waals surface area contributed by atoms with E-state index >= 15 is 0 Å². The smallest absolute Gasteiger partial charge is 0.115 e. The van der Waals surface area contributed by atoms with Crippen LogP contribution in [0.1, 0.15) is 30.9 Å². The van der Waals surface area contributed by atoms with Crippen molar-refractivity contribution in [2.24, 2.45) is 0 Å². The van der Waals surface area contributed by atoms with E-state index in [4.69, 9.17) is 0 Å². The molecule has 0 atom stereocenters. The molecule has 4 nitrogen and oxygen atoms in total. The SMILES string of the molecule is CCCC(C(=O)[O-])(c1ccc(O)cc1)c1ccc(O)cc1. The fourth-order valence-electron chi connectivity index (χ4n) is 2.66. The van der Waals surface area contributed by atoms with Crippen molar-refractivity contribution in [1.29, 1.82) is 0 Å². The normalized spacial score (nSPS) is 11.3. The van der Waals surface area contributed by atoms with Crippen LogP contribution in [0, 0.1) is 0 Å². The summed E-state index contributed by atoms with van der Waals surface area (Å²) in [5.74, 6) is -1.04. The molecule has 0 unspecified atom stereocenters. The van der Waals surface area contributed by atoms with Gasteiger partial charge in [0.1, 0.15) is 11.5 Å². The lowest BCUT2D eigenvalue weighted by atomic mass is 9.71. The predicted molar refractivity (Wildman–Crippen MR) is 76.9 cm³/mol. The molecule has 0 radical (unpaired) electrons. The first-order valence-electron chi connectivity index (χ1n) is 6.81. The largest absolute Gasteiger partial charge is 0.549 e. The Morgan fingerprint density at radius 1 is 0.952 bits per heavy atom. The van der Waals surface area contributed by atoms with E-state index in [-0.39, 0.29) is 11.5 Å². The molecule has 2 rings (SSSR count). The number of carbonyl (C=O) groups excluding carboxylic acids is 1. The second kappa shape index (κ2) is 5.87. The molecule has 0 saturated carbocycles. The van der Waals surface area contributed by atoms with Gasteiger partial charge < -0.3 is 20.1 Å². The van der Waals surface area contributed by atoms with E-state index in [1.807, 2.05) is 6.92 Å². The summed E-state index contributed by atoms with van der Waals surface area (Å²) in [6, 6.07) is 12.2. The Bertz CT molecular complexity index is 569. The van der Waals surface area contributed by atoms with Gasteiger partial charge in [-0.25, -0.2) is 0 Å². The Morgan fingerprint density at radius 3 is 1.62 bits per heavy atom. The van der Waals surface area contributed by atoms with Crippen LogP contribution in [0.3, 0.4) is 0 Å².